The van der Waals surface area contributed by atoms with Gasteiger partial charge in [0.05, 0.1) is 0 Å². The Bertz CT molecular complexity index is 557. The number of amides is 1. The number of halogens is 1. The number of aromatic nitrogens is 2. The average Bonchev–Trinajstić information content (AvgIpc) is 2.28. The number of nitrogens with zero attached hydrogens (tertiary/aromatic N) is 2. The van der Waals surface area contributed by atoms with Gasteiger partial charge in [-0.2, -0.15) is 0 Å². The summed E-state index contributed by atoms with van der Waals surface area (Å²) in [5, 5.41) is 2.65. The van der Waals surface area contributed by atoms with Crippen LogP contribution in [0.1, 0.15) is 6.92 Å². The van der Waals surface area contributed by atoms with Crippen LogP contribution in [-0.2, 0) is 4.79 Å². The van der Waals surface area contributed by atoms with E-state index in [1.807, 2.05) is 18.2 Å². The number of pyridine rings is 2. The molecule has 0 atom stereocenters. The molecule has 0 saturated carbocycles. The van der Waals surface area contributed by atoms with E-state index in [2.05, 4.69) is 31.2 Å². The van der Waals surface area contributed by atoms with Crippen LogP contribution in [0.4, 0.5) is 5.82 Å². The van der Waals surface area contributed by atoms with Crippen molar-refractivity contribution in [1.29, 1.82) is 0 Å². The highest BCUT2D eigenvalue weighted by Gasteiger charge is 2.02. The second kappa shape index (κ2) is 5.05. The van der Waals surface area contributed by atoms with Gasteiger partial charge in [-0.05, 0) is 39.7 Å². The topological polar surface area (TPSA) is 54.9 Å². The lowest BCUT2D eigenvalue weighted by Crippen LogP contribution is -2.07. The molecular formula is C12H10BrN3O. The largest absolute Gasteiger partial charge is 0.311 e. The van der Waals surface area contributed by atoms with Crippen molar-refractivity contribution in [3.8, 4) is 11.1 Å². The maximum Gasteiger partial charge on any atom is 0.222 e. The van der Waals surface area contributed by atoms with Gasteiger partial charge in [0.1, 0.15) is 5.82 Å². The van der Waals surface area contributed by atoms with Crippen LogP contribution in [0, 0.1) is 0 Å². The Kier molecular flexibility index (Phi) is 3.49. The summed E-state index contributed by atoms with van der Waals surface area (Å²) in [7, 11) is 0. The lowest BCUT2D eigenvalue weighted by atomic mass is 10.1. The van der Waals surface area contributed by atoms with Crippen LogP contribution >= 0.6 is 15.9 Å². The summed E-state index contributed by atoms with van der Waals surface area (Å²) >= 11 is 3.37. The smallest absolute Gasteiger partial charge is 0.222 e. The van der Waals surface area contributed by atoms with Crippen LogP contribution in [0.3, 0.4) is 0 Å². The second-order valence-corrected chi connectivity index (χ2v) is 4.42. The third-order valence-electron chi connectivity index (χ3n) is 2.10. The van der Waals surface area contributed by atoms with Gasteiger partial charge in [0.2, 0.25) is 5.91 Å². The SMILES string of the molecule is CC(=O)Nc1cc(-c2cncc(Br)c2)ccn1. The molecule has 4 nitrogen and oxygen atoms in total. The van der Waals surface area contributed by atoms with Gasteiger partial charge in [-0.25, -0.2) is 4.98 Å². The molecule has 0 fully saturated rings. The molecule has 5 heteroatoms. The minimum atomic E-state index is -0.137. The molecule has 0 radical (unpaired) electrons. The fourth-order valence-electron chi connectivity index (χ4n) is 1.43. The lowest BCUT2D eigenvalue weighted by Gasteiger charge is -2.05. The Balaban J connectivity index is 2.36. The summed E-state index contributed by atoms with van der Waals surface area (Å²) in [5.41, 5.74) is 1.92. The van der Waals surface area contributed by atoms with Gasteiger partial charge in [0.15, 0.2) is 0 Å². The first-order valence-electron chi connectivity index (χ1n) is 5.00. The molecule has 0 saturated heterocycles. The van der Waals surface area contributed by atoms with E-state index in [1.165, 1.54) is 6.92 Å². The summed E-state index contributed by atoms with van der Waals surface area (Å²) in [6.45, 7) is 1.45. The standard InChI is InChI=1S/C12H10BrN3O/c1-8(17)16-12-5-9(2-3-15-12)10-4-11(13)7-14-6-10/h2-7H,1H3,(H,15,16,17). The van der Waals surface area contributed by atoms with Crippen LogP contribution < -0.4 is 5.32 Å². The van der Waals surface area contributed by atoms with Crippen molar-refractivity contribution in [3.63, 3.8) is 0 Å². The van der Waals surface area contributed by atoms with Crippen molar-refractivity contribution in [3.05, 3.63) is 41.3 Å². The maximum absolute atomic E-state index is 10.9. The first-order valence-corrected chi connectivity index (χ1v) is 5.79. The molecule has 1 N–H and O–H groups in total. The predicted molar refractivity (Wildman–Crippen MR) is 69.5 cm³/mol. The van der Waals surface area contributed by atoms with Gasteiger partial charge in [-0.15, -0.1) is 0 Å². The first-order chi connectivity index (χ1) is 8.15. The molecule has 1 amide bonds. The van der Waals surface area contributed by atoms with E-state index in [-0.39, 0.29) is 5.91 Å². The highest BCUT2D eigenvalue weighted by molar-refractivity contribution is 9.10. The molecule has 0 bridgehead atoms. The zero-order valence-corrected chi connectivity index (χ0v) is 10.7. The Morgan fingerprint density at radius 1 is 1.29 bits per heavy atom. The highest BCUT2D eigenvalue weighted by atomic mass is 79.9. The van der Waals surface area contributed by atoms with E-state index in [0.29, 0.717) is 5.82 Å². The van der Waals surface area contributed by atoms with Crippen LogP contribution in [0.25, 0.3) is 11.1 Å². The molecule has 2 heterocycles. The van der Waals surface area contributed by atoms with Crippen molar-refractivity contribution in [2.24, 2.45) is 0 Å². The van der Waals surface area contributed by atoms with Crippen molar-refractivity contribution >= 4 is 27.7 Å². The minimum Gasteiger partial charge on any atom is -0.311 e. The van der Waals surface area contributed by atoms with E-state index >= 15 is 0 Å². The van der Waals surface area contributed by atoms with Gasteiger partial charge >= 0.3 is 0 Å². The summed E-state index contributed by atoms with van der Waals surface area (Å²) in [4.78, 5) is 19.1. The zero-order chi connectivity index (χ0) is 12.3. The van der Waals surface area contributed by atoms with Crippen molar-refractivity contribution in [2.45, 2.75) is 6.92 Å². The average molecular weight is 292 g/mol. The second-order valence-electron chi connectivity index (χ2n) is 3.50. The quantitative estimate of drug-likeness (QED) is 0.926. The van der Waals surface area contributed by atoms with E-state index in [1.54, 1.807) is 18.6 Å². The van der Waals surface area contributed by atoms with Gasteiger partial charge in [0, 0.05) is 35.6 Å². The Morgan fingerprint density at radius 3 is 2.82 bits per heavy atom. The third-order valence-corrected chi connectivity index (χ3v) is 2.54. The fraction of sp³-hybridized carbons (Fsp3) is 0.0833. The normalized spacial score (nSPS) is 10.0. The molecule has 17 heavy (non-hydrogen) atoms. The predicted octanol–water partition coefficient (Wildman–Crippen LogP) is 2.86. The number of carbonyl (C=O) groups is 1. The lowest BCUT2D eigenvalue weighted by molar-refractivity contribution is -0.114. The molecule has 2 aromatic heterocycles. The fourth-order valence-corrected chi connectivity index (χ4v) is 1.79. The van der Waals surface area contributed by atoms with Crippen LogP contribution in [0.2, 0.25) is 0 Å². The van der Waals surface area contributed by atoms with Crippen molar-refractivity contribution < 1.29 is 4.79 Å². The van der Waals surface area contributed by atoms with Crippen molar-refractivity contribution in [1.82, 2.24) is 9.97 Å². The number of anilines is 1. The number of hydrogen-bond acceptors (Lipinski definition) is 3. The molecule has 0 aliphatic rings. The number of carbonyl (C=O) groups excluding carboxylic acids is 1. The minimum absolute atomic E-state index is 0.137. The summed E-state index contributed by atoms with van der Waals surface area (Å²) in [5.74, 6) is 0.400. The van der Waals surface area contributed by atoms with Gasteiger partial charge in [0.25, 0.3) is 0 Å². The zero-order valence-electron chi connectivity index (χ0n) is 9.14. The summed E-state index contributed by atoms with van der Waals surface area (Å²) in [6.07, 6.45) is 5.14. The molecule has 86 valence electrons. The third kappa shape index (κ3) is 3.10. The number of hydrogen-bond donors (Lipinski definition) is 1. The summed E-state index contributed by atoms with van der Waals surface area (Å²) < 4.78 is 0.910. The first kappa shape index (κ1) is 11.7. The number of nitrogens with one attached hydrogen (secondary N) is 1. The van der Waals surface area contributed by atoms with Crippen LogP contribution in [0.5, 0.6) is 0 Å². The van der Waals surface area contributed by atoms with Gasteiger partial charge < -0.3 is 5.32 Å². The van der Waals surface area contributed by atoms with Crippen LogP contribution in [0.15, 0.2) is 41.3 Å². The van der Waals surface area contributed by atoms with E-state index in [0.717, 1.165) is 15.6 Å². The molecule has 0 aromatic carbocycles. The molecule has 0 aliphatic carbocycles. The van der Waals surface area contributed by atoms with E-state index in [9.17, 15) is 4.79 Å². The van der Waals surface area contributed by atoms with Crippen LogP contribution in [-0.4, -0.2) is 15.9 Å². The summed E-state index contributed by atoms with van der Waals surface area (Å²) in [6, 6.07) is 5.64. The highest BCUT2D eigenvalue weighted by Crippen LogP contribution is 2.23. The molecule has 2 aromatic rings. The van der Waals surface area contributed by atoms with Gasteiger partial charge in [-0.1, -0.05) is 0 Å². The molecular weight excluding hydrogens is 282 g/mol. The Hall–Kier alpha value is -1.75. The van der Waals surface area contributed by atoms with Gasteiger partial charge in [-0.3, -0.25) is 9.78 Å². The number of rotatable bonds is 2. The monoisotopic (exact) mass is 291 g/mol. The maximum atomic E-state index is 10.9. The molecule has 0 unspecified atom stereocenters. The Labute approximate surface area is 107 Å². The van der Waals surface area contributed by atoms with E-state index < -0.39 is 0 Å². The molecule has 0 aliphatic heterocycles. The molecule has 2 rings (SSSR count). The Morgan fingerprint density at radius 2 is 2.12 bits per heavy atom. The van der Waals surface area contributed by atoms with Crippen molar-refractivity contribution in [2.75, 3.05) is 5.32 Å². The van der Waals surface area contributed by atoms with E-state index in [4.69, 9.17) is 0 Å². The molecule has 0 spiro atoms.